The first-order chi connectivity index (χ1) is 28.7. The van der Waals surface area contributed by atoms with Crippen molar-refractivity contribution in [2.45, 2.75) is 0 Å². The van der Waals surface area contributed by atoms with Crippen molar-refractivity contribution in [3.8, 4) is 45.0 Å². The monoisotopic (exact) mass is 736 g/mol. The van der Waals surface area contributed by atoms with Gasteiger partial charge in [-0.3, -0.25) is 0 Å². The number of rotatable bonds is 4. The van der Waals surface area contributed by atoms with Gasteiger partial charge in [-0.1, -0.05) is 164 Å². The molecule has 0 aliphatic rings. The SMILES string of the molecule is c1ccc2c(-c3ccc4ccc5ccc(-c6ccc7c(-c8ccc9ccc%10ccc(-c%11cccc%12ccccc%11%12)nc%10c9n8)cccc7c6)nc5c4n3)cccc2c1. The fraction of sp³-hybridized carbons (Fsp3) is 0. The van der Waals surface area contributed by atoms with Crippen molar-refractivity contribution in [1.82, 2.24) is 19.9 Å². The molecule has 0 N–H and O–H groups in total. The minimum absolute atomic E-state index is 0.899. The fourth-order valence-corrected chi connectivity index (χ4v) is 8.71. The summed E-state index contributed by atoms with van der Waals surface area (Å²) in [7, 11) is 0. The van der Waals surface area contributed by atoms with Gasteiger partial charge in [0.05, 0.1) is 44.8 Å². The average Bonchev–Trinajstić information content (AvgIpc) is 3.30. The zero-order valence-corrected chi connectivity index (χ0v) is 31.3. The van der Waals surface area contributed by atoms with E-state index in [0.29, 0.717) is 0 Å². The third-order valence-corrected chi connectivity index (χ3v) is 11.6. The third kappa shape index (κ3) is 5.23. The fourth-order valence-electron chi connectivity index (χ4n) is 8.71. The van der Waals surface area contributed by atoms with E-state index >= 15 is 0 Å². The van der Waals surface area contributed by atoms with Crippen LogP contribution in [0.5, 0.6) is 0 Å². The molecule has 4 heterocycles. The van der Waals surface area contributed by atoms with Gasteiger partial charge >= 0.3 is 0 Å². The summed E-state index contributed by atoms with van der Waals surface area (Å²) in [6.45, 7) is 0. The molecule has 12 aromatic rings. The lowest BCUT2D eigenvalue weighted by Crippen LogP contribution is -1.93. The zero-order chi connectivity index (χ0) is 38.2. The Kier molecular flexibility index (Phi) is 7.20. The van der Waals surface area contributed by atoms with Gasteiger partial charge in [-0.15, -0.1) is 0 Å². The summed E-state index contributed by atoms with van der Waals surface area (Å²) >= 11 is 0. The highest BCUT2D eigenvalue weighted by Gasteiger charge is 2.14. The van der Waals surface area contributed by atoms with Gasteiger partial charge in [0.25, 0.3) is 0 Å². The first kappa shape index (κ1) is 32.4. The van der Waals surface area contributed by atoms with Gasteiger partial charge in [-0.05, 0) is 62.6 Å². The molecular weight excluding hydrogens is 705 g/mol. The van der Waals surface area contributed by atoms with Crippen LogP contribution in [0.15, 0.2) is 194 Å². The molecule has 268 valence electrons. The molecule has 0 atom stereocenters. The Hall–Kier alpha value is -7.82. The van der Waals surface area contributed by atoms with Crippen LogP contribution in [0.3, 0.4) is 0 Å². The van der Waals surface area contributed by atoms with Gasteiger partial charge in [0.1, 0.15) is 0 Å². The summed E-state index contributed by atoms with van der Waals surface area (Å²) in [5.74, 6) is 0. The van der Waals surface area contributed by atoms with Crippen LogP contribution in [-0.2, 0) is 0 Å². The Balaban J connectivity index is 0.952. The van der Waals surface area contributed by atoms with Gasteiger partial charge in [-0.2, -0.15) is 0 Å². The van der Waals surface area contributed by atoms with Crippen molar-refractivity contribution in [3.63, 3.8) is 0 Å². The van der Waals surface area contributed by atoms with E-state index in [0.717, 1.165) is 99.4 Å². The molecule has 0 bridgehead atoms. The highest BCUT2D eigenvalue weighted by Crippen LogP contribution is 2.36. The molecule has 8 aromatic carbocycles. The van der Waals surface area contributed by atoms with E-state index in [2.05, 4.69) is 194 Å². The molecule has 0 aliphatic carbocycles. The lowest BCUT2D eigenvalue weighted by atomic mass is 9.97. The van der Waals surface area contributed by atoms with Crippen LogP contribution in [0.25, 0.3) is 121 Å². The van der Waals surface area contributed by atoms with Crippen molar-refractivity contribution in [2.75, 3.05) is 0 Å². The summed E-state index contributed by atoms with van der Waals surface area (Å²) in [4.78, 5) is 21.1. The van der Waals surface area contributed by atoms with E-state index < -0.39 is 0 Å². The molecule has 4 heteroatoms. The van der Waals surface area contributed by atoms with Crippen LogP contribution in [0.2, 0.25) is 0 Å². The maximum Gasteiger partial charge on any atom is 0.0972 e. The summed E-state index contributed by atoms with van der Waals surface area (Å²) in [6.07, 6.45) is 0. The summed E-state index contributed by atoms with van der Waals surface area (Å²) in [6, 6.07) is 68.5. The Morgan fingerprint density at radius 2 is 0.569 bits per heavy atom. The van der Waals surface area contributed by atoms with Crippen molar-refractivity contribution in [3.05, 3.63) is 194 Å². The molecule has 0 saturated carbocycles. The molecule has 0 radical (unpaired) electrons. The van der Waals surface area contributed by atoms with Crippen LogP contribution in [-0.4, -0.2) is 19.9 Å². The number of pyridine rings is 4. The maximum atomic E-state index is 5.33. The van der Waals surface area contributed by atoms with Gasteiger partial charge in [0.2, 0.25) is 0 Å². The number of benzene rings is 8. The Morgan fingerprint density at radius 1 is 0.224 bits per heavy atom. The van der Waals surface area contributed by atoms with Crippen LogP contribution >= 0.6 is 0 Å². The second-order valence-electron chi connectivity index (χ2n) is 15.0. The molecule has 0 saturated heterocycles. The molecular formula is C54H32N4. The molecule has 58 heavy (non-hydrogen) atoms. The van der Waals surface area contributed by atoms with E-state index in [9.17, 15) is 0 Å². The molecule has 12 rings (SSSR count). The molecule has 0 amide bonds. The van der Waals surface area contributed by atoms with Crippen LogP contribution in [0, 0.1) is 0 Å². The number of hydrogen-bond acceptors (Lipinski definition) is 4. The van der Waals surface area contributed by atoms with E-state index in [4.69, 9.17) is 19.9 Å². The summed E-state index contributed by atoms with van der Waals surface area (Å²) < 4.78 is 0. The molecule has 0 fully saturated rings. The quantitative estimate of drug-likeness (QED) is 0.169. The number of hydrogen-bond donors (Lipinski definition) is 0. The molecule has 4 nitrogen and oxygen atoms in total. The Labute approximate surface area is 333 Å². The Morgan fingerprint density at radius 3 is 1.03 bits per heavy atom. The zero-order valence-electron chi connectivity index (χ0n) is 31.3. The highest BCUT2D eigenvalue weighted by atomic mass is 14.8. The molecule has 0 unspecified atom stereocenters. The lowest BCUT2D eigenvalue weighted by molar-refractivity contribution is 1.37. The van der Waals surface area contributed by atoms with E-state index in [-0.39, 0.29) is 0 Å². The van der Waals surface area contributed by atoms with Gasteiger partial charge < -0.3 is 0 Å². The van der Waals surface area contributed by atoms with Gasteiger partial charge in [0, 0.05) is 43.8 Å². The van der Waals surface area contributed by atoms with E-state index in [1.165, 1.54) is 21.5 Å². The van der Waals surface area contributed by atoms with Crippen molar-refractivity contribution < 1.29 is 0 Å². The first-order valence-electron chi connectivity index (χ1n) is 19.6. The Bertz CT molecular complexity index is 3630. The predicted octanol–water partition coefficient (Wildman–Crippen LogP) is 14.0. The van der Waals surface area contributed by atoms with Crippen molar-refractivity contribution in [1.29, 1.82) is 0 Å². The van der Waals surface area contributed by atoms with E-state index in [1.807, 2.05) is 0 Å². The second kappa shape index (κ2) is 12.9. The predicted molar refractivity (Wildman–Crippen MR) is 242 cm³/mol. The van der Waals surface area contributed by atoms with E-state index in [1.54, 1.807) is 0 Å². The lowest BCUT2D eigenvalue weighted by Gasteiger charge is -2.12. The van der Waals surface area contributed by atoms with Gasteiger partial charge in [-0.25, -0.2) is 19.9 Å². The van der Waals surface area contributed by atoms with Crippen LogP contribution < -0.4 is 0 Å². The molecule has 0 spiro atoms. The average molecular weight is 737 g/mol. The van der Waals surface area contributed by atoms with Crippen molar-refractivity contribution >= 4 is 75.9 Å². The molecule has 4 aromatic heterocycles. The number of fused-ring (bicyclic) bond motifs is 9. The smallest absolute Gasteiger partial charge is 0.0972 e. The molecule has 0 aliphatic heterocycles. The first-order valence-corrected chi connectivity index (χ1v) is 19.6. The largest absolute Gasteiger partial charge is 0.245 e. The maximum absolute atomic E-state index is 5.33. The number of aromatic nitrogens is 4. The highest BCUT2D eigenvalue weighted by molar-refractivity contribution is 6.08. The van der Waals surface area contributed by atoms with Crippen LogP contribution in [0.4, 0.5) is 0 Å². The van der Waals surface area contributed by atoms with Gasteiger partial charge in [0.15, 0.2) is 0 Å². The van der Waals surface area contributed by atoms with Crippen molar-refractivity contribution in [2.24, 2.45) is 0 Å². The number of nitrogens with zero attached hydrogens (tertiary/aromatic N) is 4. The standard InChI is InChI=1S/C54H32N4/c1-3-13-41-33(8-1)10-5-15-44(41)48-29-24-36-19-18-35-23-28-47(55-51(35)52(36)56-48)40-22-27-43-39(32-40)12-7-17-46(43)50-31-26-38-21-20-37-25-30-49(57-53(37)54(38)58-50)45-16-6-11-34-9-2-4-14-42(34)45/h1-32H. The topological polar surface area (TPSA) is 51.6 Å². The minimum Gasteiger partial charge on any atom is -0.245 e. The second-order valence-corrected chi connectivity index (χ2v) is 15.0. The normalized spacial score (nSPS) is 11.8. The summed E-state index contributed by atoms with van der Waals surface area (Å²) in [5.41, 5.74) is 11.7. The minimum atomic E-state index is 0.899. The van der Waals surface area contributed by atoms with Crippen LogP contribution in [0.1, 0.15) is 0 Å². The summed E-state index contributed by atoms with van der Waals surface area (Å²) in [5, 5.41) is 11.3. The third-order valence-electron chi connectivity index (χ3n) is 11.6.